The summed E-state index contributed by atoms with van der Waals surface area (Å²) in [6.45, 7) is 0.629. The number of amides is 1. The third-order valence-corrected chi connectivity index (χ3v) is 4.37. The first-order valence-corrected chi connectivity index (χ1v) is 7.02. The maximum atomic E-state index is 12.3. The molecule has 1 aromatic rings. The summed E-state index contributed by atoms with van der Waals surface area (Å²) in [6, 6.07) is -0.224. The number of hydrogen-bond donors (Lipinski definition) is 3. The number of hydrogen-bond acceptors (Lipinski definition) is 5. The summed E-state index contributed by atoms with van der Waals surface area (Å²) in [6.07, 6.45) is 1.73. The number of carbonyl (C=O) groups is 1. The number of nitrogens with zero attached hydrogens (tertiary/aromatic N) is 1. The van der Waals surface area contributed by atoms with E-state index in [9.17, 15) is 9.90 Å². The Bertz CT molecular complexity index is 544. The number of aliphatic hydroxyl groups is 1. The molecular weight excluding hydrogens is 262 g/mol. The summed E-state index contributed by atoms with van der Waals surface area (Å²) in [7, 11) is 0. The lowest BCUT2D eigenvalue weighted by Gasteiger charge is -2.16. The summed E-state index contributed by atoms with van der Waals surface area (Å²) < 4.78 is 11.0. The van der Waals surface area contributed by atoms with Crippen LogP contribution in [0.3, 0.4) is 0 Å². The van der Waals surface area contributed by atoms with E-state index < -0.39 is 6.10 Å². The topological polar surface area (TPSA) is 96.5 Å². The monoisotopic (exact) mass is 279 g/mol. The van der Waals surface area contributed by atoms with Crippen molar-refractivity contribution in [1.82, 2.24) is 15.5 Å². The molecule has 20 heavy (non-hydrogen) atoms. The molecule has 4 atom stereocenters. The number of nitrogens with one attached hydrogen (secondary N) is 2. The average Bonchev–Trinajstić information content (AvgIpc) is 3.13. The molecule has 108 valence electrons. The lowest BCUT2D eigenvalue weighted by molar-refractivity contribution is 0.0178. The average molecular weight is 279 g/mol. The second kappa shape index (κ2) is 4.54. The van der Waals surface area contributed by atoms with E-state index in [0.29, 0.717) is 12.3 Å². The highest BCUT2D eigenvalue weighted by Gasteiger charge is 2.47. The number of aryl methyl sites for hydroxylation is 1. The van der Waals surface area contributed by atoms with Crippen molar-refractivity contribution >= 4 is 5.91 Å². The standard InChI is InChI=1S/C13H17N3O4/c17-9-5-20-11-8(4-19-12(9)11)14-13(18)10-6-2-1-3-7(6)15-16-10/h8-9,11-12,17H,1-5H2,(H,14,18)(H,15,16)/t8-,9-,11-,12-/m1/s1. The van der Waals surface area contributed by atoms with Gasteiger partial charge in [-0.25, -0.2) is 0 Å². The van der Waals surface area contributed by atoms with Gasteiger partial charge in [-0.1, -0.05) is 0 Å². The normalized spacial score (nSPS) is 35.0. The number of fused-ring (bicyclic) bond motifs is 2. The lowest BCUT2D eigenvalue weighted by atomic mass is 10.1. The van der Waals surface area contributed by atoms with Gasteiger partial charge < -0.3 is 19.9 Å². The van der Waals surface area contributed by atoms with Crippen LogP contribution >= 0.6 is 0 Å². The van der Waals surface area contributed by atoms with Crippen LogP contribution < -0.4 is 5.32 Å². The number of H-pyrrole nitrogens is 1. The first-order chi connectivity index (χ1) is 9.74. The van der Waals surface area contributed by atoms with Gasteiger partial charge in [0.2, 0.25) is 0 Å². The molecular formula is C13H17N3O4. The molecule has 2 aliphatic heterocycles. The van der Waals surface area contributed by atoms with E-state index in [0.717, 1.165) is 30.5 Å². The van der Waals surface area contributed by atoms with E-state index in [2.05, 4.69) is 15.5 Å². The highest BCUT2D eigenvalue weighted by atomic mass is 16.6. The molecule has 1 amide bonds. The molecule has 0 spiro atoms. The Morgan fingerprint density at radius 2 is 2.15 bits per heavy atom. The van der Waals surface area contributed by atoms with Crippen molar-refractivity contribution in [1.29, 1.82) is 0 Å². The SMILES string of the molecule is O=C(N[C@@H]1CO[C@H]2[C@@H]1OC[C@H]2O)c1n[nH]c2c1CCC2. The van der Waals surface area contributed by atoms with Crippen molar-refractivity contribution in [3.63, 3.8) is 0 Å². The van der Waals surface area contributed by atoms with Gasteiger partial charge in [0, 0.05) is 11.3 Å². The number of ether oxygens (including phenoxy) is 2. The molecule has 7 nitrogen and oxygen atoms in total. The summed E-state index contributed by atoms with van der Waals surface area (Å²) >= 11 is 0. The lowest BCUT2D eigenvalue weighted by Crippen LogP contribution is -2.44. The van der Waals surface area contributed by atoms with Gasteiger partial charge in [-0.05, 0) is 19.3 Å². The zero-order chi connectivity index (χ0) is 13.7. The third-order valence-electron chi connectivity index (χ3n) is 4.37. The summed E-state index contributed by atoms with van der Waals surface area (Å²) in [5, 5.41) is 19.6. The van der Waals surface area contributed by atoms with E-state index >= 15 is 0 Å². The van der Waals surface area contributed by atoms with Crippen molar-refractivity contribution in [3.05, 3.63) is 17.0 Å². The van der Waals surface area contributed by atoms with Crippen molar-refractivity contribution in [3.8, 4) is 0 Å². The molecule has 3 aliphatic rings. The predicted octanol–water partition coefficient (Wildman–Crippen LogP) is -0.845. The van der Waals surface area contributed by atoms with Gasteiger partial charge in [-0.3, -0.25) is 9.89 Å². The number of rotatable bonds is 2. The molecule has 2 saturated heterocycles. The number of aromatic nitrogens is 2. The third kappa shape index (κ3) is 1.77. The first kappa shape index (κ1) is 12.3. The summed E-state index contributed by atoms with van der Waals surface area (Å²) in [4.78, 5) is 12.3. The van der Waals surface area contributed by atoms with Crippen LogP contribution in [0.1, 0.15) is 28.2 Å². The molecule has 0 radical (unpaired) electrons. The van der Waals surface area contributed by atoms with Gasteiger partial charge in [-0.2, -0.15) is 5.10 Å². The van der Waals surface area contributed by atoms with E-state index in [1.165, 1.54) is 0 Å². The van der Waals surface area contributed by atoms with Crippen LogP contribution in [0.25, 0.3) is 0 Å². The molecule has 1 aromatic heterocycles. The highest BCUT2D eigenvalue weighted by molar-refractivity contribution is 5.94. The predicted molar refractivity (Wildman–Crippen MR) is 67.4 cm³/mol. The molecule has 3 N–H and O–H groups in total. The second-order valence-corrected chi connectivity index (χ2v) is 5.63. The smallest absolute Gasteiger partial charge is 0.272 e. The van der Waals surface area contributed by atoms with Crippen molar-refractivity contribution in [2.24, 2.45) is 0 Å². The summed E-state index contributed by atoms with van der Waals surface area (Å²) in [5.41, 5.74) is 2.59. The number of aliphatic hydroxyl groups excluding tert-OH is 1. The Hall–Kier alpha value is -1.44. The van der Waals surface area contributed by atoms with E-state index in [1.54, 1.807) is 0 Å². The Morgan fingerprint density at radius 1 is 1.30 bits per heavy atom. The van der Waals surface area contributed by atoms with Gasteiger partial charge in [0.05, 0.1) is 19.3 Å². The molecule has 0 unspecified atom stereocenters. The zero-order valence-corrected chi connectivity index (χ0v) is 11.0. The fourth-order valence-electron chi connectivity index (χ4n) is 3.35. The summed E-state index contributed by atoms with van der Waals surface area (Å²) in [5.74, 6) is -0.191. The van der Waals surface area contributed by atoms with Crippen LogP contribution in [0.15, 0.2) is 0 Å². The molecule has 3 heterocycles. The first-order valence-electron chi connectivity index (χ1n) is 7.02. The maximum Gasteiger partial charge on any atom is 0.272 e. The van der Waals surface area contributed by atoms with E-state index in [1.807, 2.05) is 0 Å². The Kier molecular flexibility index (Phi) is 2.80. The van der Waals surface area contributed by atoms with Gasteiger partial charge in [0.15, 0.2) is 5.69 Å². The van der Waals surface area contributed by atoms with Crippen molar-refractivity contribution < 1.29 is 19.4 Å². The Balaban J connectivity index is 1.48. The Morgan fingerprint density at radius 3 is 3.05 bits per heavy atom. The molecule has 0 bridgehead atoms. The van der Waals surface area contributed by atoms with Crippen LogP contribution in [0.2, 0.25) is 0 Å². The van der Waals surface area contributed by atoms with Crippen LogP contribution in [-0.4, -0.2) is 58.8 Å². The molecule has 2 fully saturated rings. The molecule has 1 aliphatic carbocycles. The molecule has 4 rings (SSSR count). The molecule has 0 saturated carbocycles. The number of carbonyl (C=O) groups excluding carboxylic acids is 1. The van der Waals surface area contributed by atoms with Crippen molar-refractivity contribution in [2.75, 3.05) is 13.2 Å². The zero-order valence-electron chi connectivity index (χ0n) is 11.0. The van der Waals surface area contributed by atoms with Crippen LogP contribution in [0.5, 0.6) is 0 Å². The highest BCUT2D eigenvalue weighted by Crippen LogP contribution is 2.28. The van der Waals surface area contributed by atoms with Gasteiger partial charge in [0.1, 0.15) is 18.3 Å². The minimum absolute atomic E-state index is 0.191. The fraction of sp³-hybridized carbons (Fsp3) is 0.692. The molecule has 0 aromatic carbocycles. The molecule has 7 heteroatoms. The maximum absolute atomic E-state index is 12.3. The van der Waals surface area contributed by atoms with Gasteiger partial charge in [0.25, 0.3) is 5.91 Å². The van der Waals surface area contributed by atoms with Crippen molar-refractivity contribution in [2.45, 2.75) is 43.6 Å². The number of aromatic amines is 1. The van der Waals surface area contributed by atoms with Crippen LogP contribution in [-0.2, 0) is 22.3 Å². The van der Waals surface area contributed by atoms with E-state index in [4.69, 9.17) is 9.47 Å². The quantitative estimate of drug-likeness (QED) is 0.655. The Labute approximate surface area is 115 Å². The van der Waals surface area contributed by atoms with E-state index in [-0.39, 0.29) is 30.8 Å². The second-order valence-electron chi connectivity index (χ2n) is 5.63. The van der Waals surface area contributed by atoms with Gasteiger partial charge in [-0.15, -0.1) is 0 Å². The minimum atomic E-state index is -0.600. The minimum Gasteiger partial charge on any atom is -0.388 e. The fourth-order valence-corrected chi connectivity index (χ4v) is 3.35. The van der Waals surface area contributed by atoms with Gasteiger partial charge >= 0.3 is 0 Å². The van der Waals surface area contributed by atoms with Crippen LogP contribution in [0.4, 0.5) is 0 Å². The van der Waals surface area contributed by atoms with Crippen LogP contribution in [0, 0.1) is 0 Å². The largest absolute Gasteiger partial charge is 0.388 e.